The van der Waals surface area contributed by atoms with E-state index in [1.54, 1.807) is 18.6 Å². The number of aromatic nitrogens is 2. The van der Waals surface area contributed by atoms with Gasteiger partial charge >= 0.3 is 0 Å². The zero-order chi connectivity index (χ0) is 20.6. The Balaban J connectivity index is 0.000000343. The second kappa shape index (κ2) is 10.2. The first kappa shape index (κ1) is 21.0. The summed E-state index contributed by atoms with van der Waals surface area (Å²) in [5, 5.41) is 9.27. The lowest BCUT2D eigenvalue weighted by molar-refractivity contribution is 0.171. The number of fused-ring (bicyclic) bond motifs is 1. The maximum absolute atomic E-state index is 13.0. The van der Waals surface area contributed by atoms with Crippen LogP contribution in [0.3, 0.4) is 0 Å². The molecule has 0 saturated carbocycles. The first-order chi connectivity index (χ1) is 14.1. The van der Waals surface area contributed by atoms with Gasteiger partial charge in [0.15, 0.2) is 0 Å². The molecular formula is C21H27F2N5O. The van der Waals surface area contributed by atoms with Crippen LogP contribution in [0.2, 0.25) is 0 Å². The number of hydrogen-bond donors (Lipinski definition) is 3. The molecule has 4 rings (SSSR count). The summed E-state index contributed by atoms with van der Waals surface area (Å²) in [6, 6.07) is 6.51. The van der Waals surface area contributed by atoms with E-state index in [0.717, 1.165) is 22.6 Å². The van der Waals surface area contributed by atoms with Crippen LogP contribution in [0.15, 0.2) is 53.8 Å². The number of benzene rings is 1. The van der Waals surface area contributed by atoms with E-state index < -0.39 is 6.43 Å². The molecule has 1 atom stereocenters. The van der Waals surface area contributed by atoms with Gasteiger partial charge in [0.2, 0.25) is 0 Å². The van der Waals surface area contributed by atoms with Gasteiger partial charge in [-0.3, -0.25) is 9.97 Å². The van der Waals surface area contributed by atoms with Crippen molar-refractivity contribution in [3.8, 4) is 0 Å². The van der Waals surface area contributed by atoms with Crippen LogP contribution in [0, 0.1) is 0 Å². The lowest BCUT2D eigenvalue weighted by Gasteiger charge is -2.22. The highest BCUT2D eigenvalue weighted by Gasteiger charge is 2.23. The minimum atomic E-state index is -2.56. The summed E-state index contributed by atoms with van der Waals surface area (Å²) in [6.45, 7) is 4.01. The average Bonchev–Trinajstić information content (AvgIpc) is 3.23. The van der Waals surface area contributed by atoms with Crippen molar-refractivity contribution in [1.82, 2.24) is 25.9 Å². The van der Waals surface area contributed by atoms with Gasteiger partial charge in [0.1, 0.15) is 5.76 Å². The topological polar surface area (TPSA) is 71.1 Å². The Bertz CT molecular complexity index is 878. The molecule has 3 N–H and O–H groups in total. The Labute approximate surface area is 169 Å². The normalized spacial score (nSPS) is 18.8. The Morgan fingerprint density at radius 2 is 2.03 bits per heavy atom. The van der Waals surface area contributed by atoms with Crippen LogP contribution >= 0.6 is 0 Å². The van der Waals surface area contributed by atoms with Gasteiger partial charge in [-0.25, -0.2) is 8.78 Å². The molecule has 0 amide bonds. The number of dihydropyridines is 1. The molecule has 0 aliphatic carbocycles. The number of halogens is 2. The van der Waals surface area contributed by atoms with Crippen LogP contribution in [-0.4, -0.2) is 42.6 Å². The van der Waals surface area contributed by atoms with Gasteiger partial charge in [0.05, 0.1) is 29.4 Å². The van der Waals surface area contributed by atoms with Crippen LogP contribution in [0.5, 0.6) is 0 Å². The van der Waals surface area contributed by atoms with Crippen molar-refractivity contribution in [3.63, 3.8) is 0 Å². The van der Waals surface area contributed by atoms with E-state index in [4.69, 9.17) is 4.74 Å². The maximum atomic E-state index is 13.0. The lowest BCUT2D eigenvalue weighted by atomic mass is 10.1. The molecule has 2 aromatic rings. The summed E-state index contributed by atoms with van der Waals surface area (Å²) in [5.41, 5.74) is 3.03. The number of rotatable bonds is 5. The molecule has 2 aliphatic rings. The van der Waals surface area contributed by atoms with Crippen molar-refractivity contribution < 1.29 is 13.5 Å². The Morgan fingerprint density at radius 3 is 2.66 bits per heavy atom. The summed E-state index contributed by atoms with van der Waals surface area (Å²) in [7, 11) is 1.39. The number of hydrogen-bond acceptors (Lipinski definition) is 6. The summed E-state index contributed by atoms with van der Waals surface area (Å²) < 4.78 is 31.2. The van der Waals surface area contributed by atoms with E-state index in [1.807, 2.05) is 18.2 Å². The van der Waals surface area contributed by atoms with Crippen molar-refractivity contribution in [3.05, 3.63) is 59.4 Å². The highest BCUT2D eigenvalue weighted by atomic mass is 19.3. The molecule has 1 aromatic heterocycles. The highest BCUT2D eigenvalue weighted by molar-refractivity contribution is 5.74. The number of nitrogens with one attached hydrogen (secondary N) is 3. The van der Waals surface area contributed by atoms with E-state index in [0.29, 0.717) is 12.2 Å². The van der Waals surface area contributed by atoms with Gasteiger partial charge in [-0.1, -0.05) is 6.07 Å². The van der Waals surface area contributed by atoms with E-state index in [2.05, 4.69) is 32.8 Å². The molecule has 1 fully saturated rings. The van der Waals surface area contributed by atoms with Crippen LogP contribution in [-0.2, 0) is 11.3 Å². The molecule has 1 aromatic carbocycles. The van der Waals surface area contributed by atoms with Crippen molar-refractivity contribution in [2.75, 3.05) is 20.2 Å². The first-order valence-electron chi connectivity index (χ1n) is 9.74. The zero-order valence-electron chi connectivity index (χ0n) is 16.7. The minimum absolute atomic E-state index is 0.0538. The molecule has 29 heavy (non-hydrogen) atoms. The van der Waals surface area contributed by atoms with E-state index in [9.17, 15) is 8.78 Å². The van der Waals surface area contributed by atoms with Crippen molar-refractivity contribution >= 4 is 11.0 Å². The molecule has 6 nitrogen and oxygen atoms in total. The fraction of sp³-hybridized carbons (Fsp3) is 0.429. The first-order valence-corrected chi connectivity index (χ1v) is 9.74. The second-order valence-electron chi connectivity index (χ2n) is 7.03. The van der Waals surface area contributed by atoms with Crippen molar-refractivity contribution in [2.24, 2.45) is 0 Å². The molecule has 1 saturated heterocycles. The zero-order valence-corrected chi connectivity index (χ0v) is 16.7. The summed E-state index contributed by atoms with van der Waals surface area (Å²) in [4.78, 5) is 8.46. The third-order valence-electron chi connectivity index (χ3n) is 4.87. The Kier molecular flexibility index (Phi) is 7.35. The van der Waals surface area contributed by atoms with Gasteiger partial charge in [-0.05, 0) is 44.0 Å². The number of nitrogens with zero attached hydrogens (tertiary/aromatic N) is 2. The van der Waals surface area contributed by atoms with E-state index in [-0.39, 0.29) is 17.9 Å². The summed E-state index contributed by atoms with van der Waals surface area (Å²) in [6.07, 6.45) is 5.11. The van der Waals surface area contributed by atoms with Crippen LogP contribution in [0.1, 0.15) is 25.3 Å². The molecule has 0 bridgehead atoms. The minimum Gasteiger partial charge on any atom is -0.494 e. The molecule has 0 unspecified atom stereocenters. The van der Waals surface area contributed by atoms with E-state index in [1.165, 1.54) is 26.5 Å². The molecule has 0 spiro atoms. The fourth-order valence-electron chi connectivity index (χ4n) is 3.31. The summed E-state index contributed by atoms with van der Waals surface area (Å²) in [5.74, 6) is 0.194. The predicted molar refractivity (Wildman–Crippen MR) is 109 cm³/mol. The van der Waals surface area contributed by atoms with E-state index >= 15 is 0 Å². The molecule has 8 heteroatoms. The quantitative estimate of drug-likeness (QED) is 0.713. The number of ether oxygens (including phenoxy) is 1. The summed E-state index contributed by atoms with van der Waals surface area (Å²) >= 11 is 0. The molecular weight excluding hydrogens is 376 g/mol. The monoisotopic (exact) mass is 403 g/mol. The number of methoxy groups -OCH3 is 1. The second-order valence-corrected chi connectivity index (χ2v) is 7.03. The SMILES string of the molecule is COC1=C(C(F)F)CNC=C1NCc1ccc2nccnc2c1.C[C@H]1CCCN1. The smallest absolute Gasteiger partial charge is 0.265 e. The Morgan fingerprint density at radius 1 is 1.24 bits per heavy atom. The van der Waals surface area contributed by atoms with Crippen molar-refractivity contribution in [2.45, 2.75) is 38.8 Å². The molecule has 3 heterocycles. The average molecular weight is 403 g/mol. The molecule has 2 aliphatic heterocycles. The molecule has 156 valence electrons. The van der Waals surface area contributed by atoms with Gasteiger partial charge in [-0.2, -0.15) is 0 Å². The van der Waals surface area contributed by atoms with Crippen LogP contribution < -0.4 is 16.0 Å². The fourth-order valence-corrected chi connectivity index (χ4v) is 3.31. The third-order valence-corrected chi connectivity index (χ3v) is 4.87. The van der Waals surface area contributed by atoms with Crippen molar-refractivity contribution in [1.29, 1.82) is 0 Å². The van der Waals surface area contributed by atoms with Gasteiger partial charge in [0, 0.05) is 37.7 Å². The number of alkyl halides is 2. The molecule has 0 radical (unpaired) electrons. The largest absolute Gasteiger partial charge is 0.494 e. The van der Waals surface area contributed by atoms with Gasteiger partial charge in [0.25, 0.3) is 6.43 Å². The van der Waals surface area contributed by atoms with Gasteiger partial charge in [-0.15, -0.1) is 0 Å². The highest BCUT2D eigenvalue weighted by Crippen LogP contribution is 2.22. The van der Waals surface area contributed by atoms with Gasteiger partial charge < -0.3 is 20.7 Å². The standard InChI is InChI=1S/C16H16F2N4O.C5H11N/c1-23-15-11(16(17)18)8-19-9-14(15)22-7-10-2-3-12-13(6-10)21-5-4-20-12;1-5-3-2-4-6-5/h2-6,9,16,19,22H,7-8H2,1H3;5-6H,2-4H2,1H3/t;5-/m.0/s1. The predicted octanol–water partition coefficient (Wildman–Crippen LogP) is 3.09. The lowest BCUT2D eigenvalue weighted by Crippen LogP contribution is -2.28. The Hall–Kier alpha value is -2.74. The van der Waals surface area contributed by atoms with Crippen LogP contribution in [0.25, 0.3) is 11.0 Å². The van der Waals surface area contributed by atoms with Crippen LogP contribution in [0.4, 0.5) is 8.78 Å². The maximum Gasteiger partial charge on any atom is 0.265 e. The third kappa shape index (κ3) is 5.63.